The second kappa shape index (κ2) is 9.29. The maximum absolute atomic E-state index is 12.5. The monoisotopic (exact) mass is 443 g/mol. The van der Waals surface area contributed by atoms with Crippen molar-refractivity contribution in [1.82, 2.24) is 19.7 Å². The molecule has 1 amide bonds. The second-order valence-electron chi connectivity index (χ2n) is 9.11. The number of carbonyl (C=O) groups excluding carboxylic acids is 1. The van der Waals surface area contributed by atoms with Crippen molar-refractivity contribution in [2.24, 2.45) is 5.41 Å². The van der Waals surface area contributed by atoms with Gasteiger partial charge in [-0.1, -0.05) is 19.1 Å². The SMILES string of the molecule is CCCn1cc(-c2ccncc2/C=C/C(=O)Nc2ccc(CN3CC4(COC4)C3)cc2)cn1. The van der Waals surface area contributed by atoms with Crippen molar-refractivity contribution < 1.29 is 9.53 Å². The molecule has 2 aliphatic rings. The van der Waals surface area contributed by atoms with Gasteiger partial charge in [-0.3, -0.25) is 19.4 Å². The van der Waals surface area contributed by atoms with E-state index in [0.717, 1.165) is 68.2 Å². The molecule has 2 aliphatic heterocycles. The lowest BCUT2D eigenvalue weighted by atomic mass is 9.78. The summed E-state index contributed by atoms with van der Waals surface area (Å²) in [5, 5.41) is 7.35. The predicted octanol–water partition coefficient (Wildman–Crippen LogP) is 3.84. The molecule has 33 heavy (non-hydrogen) atoms. The third-order valence-corrected chi connectivity index (χ3v) is 6.23. The number of likely N-dealkylation sites (tertiary alicyclic amines) is 1. The molecule has 0 aliphatic carbocycles. The average molecular weight is 444 g/mol. The van der Waals surface area contributed by atoms with Crippen molar-refractivity contribution in [2.75, 3.05) is 31.6 Å². The first kappa shape index (κ1) is 21.6. The highest BCUT2D eigenvalue weighted by Gasteiger charge is 2.48. The maximum atomic E-state index is 12.5. The number of anilines is 1. The van der Waals surface area contributed by atoms with Crippen LogP contribution in [0.5, 0.6) is 0 Å². The Morgan fingerprint density at radius 2 is 2.00 bits per heavy atom. The van der Waals surface area contributed by atoms with E-state index in [1.165, 1.54) is 5.56 Å². The van der Waals surface area contributed by atoms with Crippen molar-refractivity contribution >= 4 is 17.7 Å². The molecule has 0 unspecified atom stereocenters. The van der Waals surface area contributed by atoms with Crippen LogP contribution in [0, 0.1) is 5.41 Å². The molecule has 5 rings (SSSR count). The lowest BCUT2D eigenvalue weighted by Gasteiger charge is -2.55. The summed E-state index contributed by atoms with van der Waals surface area (Å²) in [4.78, 5) is 19.2. The van der Waals surface area contributed by atoms with Gasteiger partial charge in [0.1, 0.15) is 0 Å². The van der Waals surface area contributed by atoms with E-state index in [2.05, 4.69) is 39.4 Å². The summed E-state index contributed by atoms with van der Waals surface area (Å²) in [5.41, 5.74) is 5.37. The lowest BCUT2D eigenvalue weighted by molar-refractivity contribution is -0.191. The number of pyridine rings is 1. The zero-order chi connectivity index (χ0) is 22.7. The second-order valence-corrected chi connectivity index (χ2v) is 9.11. The van der Waals surface area contributed by atoms with Crippen LogP contribution in [0.1, 0.15) is 24.5 Å². The number of carbonyl (C=O) groups is 1. The quantitative estimate of drug-likeness (QED) is 0.536. The molecule has 7 heteroatoms. The minimum atomic E-state index is -0.172. The highest BCUT2D eigenvalue weighted by atomic mass is 16.5. The number of nitrogens with zero attached hydrogens (tertiary/aromatic N) is 4. The molecule has 170 valence electrons. The van der Waals surface area contributed by atoms with Crippen LogP contribution in [0.15, 0.2) is 61.2 Å². The zero-order valence-electron chi connectivity index (χ0n) is 18.9. The third-order valence-electron chi connectivity index (χ3n) is 6.23. The van der Waals surface area contributed by atoms with Crippen molar-refractivity contribution in [1.29, 1.82) is 0 Å². The molecular weight excluding hydrogens is 414 g/mol. The van der Waals surface area contributed by atoms with Crippen LogP contribution in [0.3, 0.4) is 0 Å². The van der Waals surface area contributed by atoms with Gasteiger partial charge >= 0.3 is 0 Å². The summed E-state index contributed by atoms with van der Waals surface area (Å²) >= 11 is 0. The highest BCUT2D eigenvalue weighted by molar-refractivity contribution is 6.02. The molecule has 1 spiro atoms. The molecule has 7 nitrogen and oxygen atoms in total. The van der Waals surface area contributed by atoms with Crippen LogP contribution >= 0.6 is 0 Å². The number of ether oxygens (including phenoxy) is 1. The smallest absolute Gasteiger partial charge is 0.248 e. The molecule has 1 N–H and O–H groups in total. The molecule has 0 radical (unpaired) electrons. The van der Waals surface area contributed by atoms with E-state index < -0.39 is 0 Å². The third kappa shape index (κ3) is 4.89. The first-order valence-electron chi connectivity index (χ1n) is 11.5. The van der Waals surface area contributed by atoms with Crippen molar-refractivity contribution in [3.63, 3.8) is 0 Å². The van der Waals surface area contributed by atoms with Gasteiger partial charge in [-0.2, -0.15) is 5.10 Å². The van der Waals surface area contributed by atoms with Crippen LogP contribution in [-0.4, -0.2) is 51.9 Å². The Morgan fingerprint density at radius 1 is 1.18 bits per heavy atom. The number of nitrogens with one attached hydrogen (secondary N) is 1. The molecule has 2 fully saturated rings. The summed E-state index contributed by atoms with van der Waals surface area (Å²) in [6, 6.07) is 10.0. The molecule has 2 aromatic heterocycles. The average Bonchev–Trinajstić information content (AvgIpc) is 3.23. The standard InChI is InChI=1S/C26H29N5O2/c1-2-11-31-15-22(13-28-31)24-9-10-27-12-21(24)5-8-25(32)29-23-6-3-20(4-7-23)14-30-16-26(17-30)18-33-19-26/h3-10,12-13,15H,2,11,14,16-19H2,1H3,(H,29,32)/b8-5+. The van der Waals surface area contributed by atoms with Crippen molar-refractivity contribution in [2.45, 2.75) is 26.4 Å². The molecule has 3 aromatic rings. The lowest BCUT2D eigenvalue weighted by Crippen LogP contribution is -2.65. The summed E-state index contributed by atoms with van der Waals surface area (Å²) in [5.74, 6) is -0.172. The molecule has 0 atom stereocenters. The number of aryl methyl sites for hydroxylation is 1. The Kier molecular flexibility index (Phi) is 6.07. The normalized spacial score (nSPS) is 17.1. The van der Waals surface area contributed by atoms with Crippen LogP contribution in [-0.2, 0) is 22.6 Å². The topological polar surface area (TPSA) is 72.3 Å². The van der Waals surface area contributed by atoms with Gasteiger partial charge in [-0.25, -0.2) is 0 Å². The van der Waals surface area contributed by atoms with E-state index in [-0.39, 0.29) is 5.91 Å². The van der Waals surface area contributed by atoms with Crippen molar-refractivity contribution in [3.05, 3.63) is 72.3 Å². The number of hydrogen-bond donors (Lipinski definition) is 1. The number of rotatable bonds is 8. The van der Waals surface area contributed by atoms with Gasteiger partial charge in [0.2, 0.25) is 5.91 Å². The fourth-order valence-corrected chi connectivity index (χ4v) is 4.54. The van der Waals surface area contributed by atoms with Gasteiger partial charge in [0.15, 0.2) is 0 Å². The Hall–Kier alpha value is -3.29. The molecule has 2 saturated heterocycles. The van der Waals surface area contributed by atoms with Gasteiger partial charge in [0.25, 0.3) is 0 Å². The van der Waals surface area contributed by atoms with Gasteiger partial charge in [0.05, 0.1) is 19.4 Å². The molecular formula is C26H29N5O2. The number of benzene rings is 1. The predicted molar refractivity (Wildman–Crippen MR) is 128 cm³/mol. The molecule has 4 heterocycles. The zero-order valence-corrected chi connectivity index (χ0v) is 18.9. The number of aromatic nitrogens is 3. The summed E-state index contributed by atoms with van der Waals surface area (Å²) in [6.45, 7) is 7.99. The molecule has 1 aromatic carbocycles. The minimum Gasteiger partial charge on any atom is -0.380 e. The van der Waals surface area contributed by atoms with Crippen LogP contribution in [0.4, 0.5) is 5.69 Å². The van der Waals surface area contributed by atoms with Crippen LogP contribution in [0.2, 0.25) is 0 Å². The largest absolute Gasteiger partial charge is 0.380 e. The van der Waals surface area contributed by atoms with E-state index >= 15 is 0 Å². The van der Waals surface area contributed by atoms with E-state index in [1.54, 1.807) is 24.5 Å². The van der Waals surface area contributed by atoms with Gasteiger partial charge < -0.3 is 10.1 Å². The first-order chi connectivity index (χ1) is 16.1. The van der Waals surface area contributed by atoms with Crippen LogP contribution in [0.25, 0.3) is 17.2 Å². The van der Waals surface area contributed by atoms with E-state index in [9.17, 15) is 4.79 Å². The van der Waals surface area contributed by atoms with Crippen LogP contribution < -0.4 is 5.32 Å². The van der Waals surface area contributed by atoms with E-state index in [1.807, 2.05) is 35.3 Å². The van der Waals surface area contributed by atoms with Gasteiger partial charge in [0, 0.05) is 73.1 Å². The van der Waals surface area contributed by atoms with E-state index in [0.29, 0.717) is 5.41 Å². The highest BCUT2D eigenvalue weighted by Crippen LogP contribution is 2.38. The Morgan fingerprint density at radius 3 is 2.73 bits per heavy atom. The fraction of sp³-hybridized carbons (Fsp3) is 0.346. The maximum Gasteiger partial charge on any atom is 0.248 e. The number of amides is 1. The first-order valence-corrected chi connectivity index (χ1v) is 11.5. The fourth-order valence-electron chi connectivity index (χ4n) is 4.54. The minimum absolute atomic E-state index is 0.172. The number of hydrogen-bond acceptors (Lipinski definition) is 5. The summed E-state index contributed by atoms with van der Waals surface area (Å²) in [6.07, 6.45) is 11.8. The molecule has 0 bridgehead atoms. The summed E-state index contributed by atoms with van der Waals surface area (Å²) in [7, 11) is 0. The summed E-state index contributed by atoms with van der Waals surface area (Å²) < 4.78 is 7.27. The Bertz CT molecular complexity index is 1140. The van der Waals surface area contributed by atoms with Gasteiger partial charge in [-0.15, -0.1) is 0 Å². The Balaban J connectivity index is 1.17. The molecule has 0 saturated carbocycles. The van der Waals surface area contributed by atoms with Gasteiger partial charge in [-0.05, 0) is 41.8 Å². The van der Waals surface area contributed by atoms with Crippen molar-refractivity contribution in [3.8, 4) is 11.1 Å². The van der Waals surface area contributed by atoms with E-state index in [4.69, 9.17) is 4.74 Å². The Labute approximate surface area is 194 Å².